The summed E-state index contributed by atoms with van der Waals surface area (Å²) in [6.07, 6.45) is 3.70. The SMILES string of the molecule is CC(=O)c1ncn(C2OC(CO)CC2C)c1/C=C(/C)N. The number of nitrogens with zero attached hydrogens (tertiary/aromatic N) is 2. The zero-order chi connectivity index (χ0) is 14.9. The fourth-order valence-electron chi connectivity index (χ4n) is 2.58. The Morgan fingerprint density at radius 1 is 1.65 bits per heavy atom. The second-order valence-corrected chi connectivity index (χ2v) is 5.37. The zero-order valence-corrected chi connectivity index (χ0v) is 12.0. The molecule has 110 valence electrons. The van der Waals surface area contributed by atoms with E-state index in [1.807, 2.05) is 4.57 Å². The van der Waals surface area contributed by atoms with Crippen LogP contribution in [0.25, 0.3) is 6.08 Å². The minimum absolute atomic E-state index is 0.00378. The van der Waals surface area contributed by atoms with E-state index in [9.17, 15) is 9.90 Å². The fraction of sp³-hybridized carbons (Fsp3) is 0.571. The summed E-state index contributed by atoms with van der Waals surface area (Å²) < 4.78 is 7.64. The molecule has 1 aromatic rings. The Balaban J connectivity index is 2.42. The highest BCUT2D eigenvalue weighted by atomic mass is 16.5. The van der Waals surface area contributed by atoms with Gasteiger partial charge in [-0.15, -0.1) is 0 Å². The number of aliphatic hydroxyl groups is 1. The standard InChI is InChI=1S/C14H21N3O3/c1-8-4-11(6-18)20-14(8)17-7-16-13(10(3)19)12(17)5-9(2)15/h5,7-8,11,14,18H,4,6,15H2,1-3H3/b9-5-. The highest BCUT2D eigenvalue weighted by molar-refractivity contribution is 5.95. The molecular weight excluding hydrogens is 258 g/mol. The molecule has 0 radical (unpaired) electrons. The molecule has 1 aliphatic heterocycles. The van der Waals surface area contributed by atoms with Crippen LogP contribution < -0.4 is 5.73 Å². The number of ether oxygens (including phenoxy) is 1. The third-order valence-corrected chi connectivity index (χ3v) is 3.46. The van der Waals surface area contributed by atoms with Crippen molar-refractivity contribution in [3.63, 3.8) is 0 Å². The Morgan fingerprint density at radius 3 is 2.85 bits per heavy atom. The molecule has 3 N–H and O–H groups in total. The fourth-order valence-corrected chi connectivity index (χ4v) is 2.58. The number of aromatic nitrogens is 2. The first-order valence-electron chi connectivity index (χ1n) is 6.72. The number of Topliss-reactive ketones (excluding diaryl/α,β-unsaturated/α-hetero) is 1. The Morgan fingerprint density at radius 2 is 2.35 bits per heavy atom. The van der Waals surface area contributed by atoms with Crippen LogP contribution >= 0.6 is 0 Å². The van der Waals surface area contributed by atoms with E-state index in [4.69, 9.17) is 10.5 Å². The number of carbonyl (C=O) groups is 1. The van der Waals surface area contributed by atoms with Crippen molar-refractivity contribution in [2.24, 2.45) is 11.7 Å². The molecule has 0 amide bonds. The van der Waals surface area contributed by atoms with E-state index in [1.165, 1.54) is 6.92 Å². The van der Waals surface area contributed by atoms with Gasteiger partial charge >= 0.3 is 0 Å². The summed E-state index contributed by atoms with van der Waals surface area (Å²) in [7, 11) is 0. The smallest absolute Gasteiger partial charge is 0.180 e. The number of carbonyl (C=O) groups excluding carboxylic acids is 1. The number of allylic oxidation sites excluding steroid dienone is 1. The molecule has 0 aliphatic carbocycles. The van der Waals surface area contributed by atoms with E-state index in [1.54, 1.807) is 19.3 Å². The molecule has 6 heteroatoms. The largest absolute Gasteiger partial charge is 0.402 e. The van der Waals surface area contributed by atoms with E-state index >= 15 is 0 Å². The first-order valence-corrected chi connectivity index (χ1v) is 6.72. The Kier molecular flexibility index (Phi) is 4.25. The van der Waals surface area contributed by atoms with Crippen LogP contribution in [0.3, 0.4) is 0 Å². The number of nitrogens with two attached hydrogens (primary N) is 1. The molecule has 20 heavy (non-hydrogen) atoms. The van der Waals surface area contributed by atoms with Gasteiger partial charge in [-0.2, -0.15) is 0 Å². The van der Waals surface area contributed by atoms with Gasteiger partial charge in [0.05, 0.1) is 24.7 Å². The van der Waals surface area contributed by atoms with Gasteiger partial charge in [0, 0.05) is 18.5 Å². The van der Waals surface area contributed by atoms with Gasteiger partial charge in [-0.05, 0) is 19.4 Å². The van der Waals surface area contributed by atoms with E-state index in [0.29, 0.717) is 17.1 Å². The third-order valence-electron chi connectivity index (χ3n) is 3.46. The maximum Gasteiger partial charge on any atom is 0.180 e. The molecule has 3 unspecified atom stereocenters. The van der Waals surface area contributed by atoms with Crippen LogP contribution in [0.4, 0.5) is 0 Å². The average molecular weight is 279 g/mol. The van der Waals surface area contributed by atoms with Crippen molar-refractivity contribution in [1.82, 2.24) is 9.55 Å². The van der Waals surface area contributed by atoms with Gasteiger partial charge in [-0.3, -0.25) is 4.79 Å². The van der Waals surface area contributed by atoms with Crippen LogP contribution in [0.5, 0.6) is 0 Å². The molecular formula is C14H21N3O3. The van der Waals surface area contributed by atoms with Crippen LogP contribution in [0.15, 0.2) is 12.0 Å². The molecule has 0 bridgehead atoms. The van der Waals surface area contributed by atoms with Crippen molar-refractivity contribution < 1.29 is 14.6 Å². The van der Waals surface area contributed by atoms with Crippen molar-refractivity contribution in [2.45, 2.75) is 39.5 Å². The number of rotatable bonds is 4. The lowest BCUT2D eigenvalue weighted by Gasteiger charge is -2.19. The number of aliphatic hydroxyl groups excluding tert-OH is 1. The molecule has 0 spiro atoms. The first-order chi connectivity index (χ1) is 9.43. The van der Waals surface area contributed by atoms with Gasteiger partial charge in [0.2, 0.25) is 0 Å². The number of hydrogen-bond acceptors (Lipinski definition) is 5. The minimum Gasteiger partial charge on any atom is -0.402 e. The Hall–Kier alpha value is -1.66. The Bertz CT molecular complexity index is 532. The summed E-state index contributed by atoms with van der Waals surface area (Å²) in [4.78, 5) is 15.8. The number of hydrogen-bond donors (Lipinski definition) is 2. The quantitative estimate of drug-likeness (QED) is 0.811. The van der Waals surface area contributed by atoms with Crippen LogP contribution in [0.1, 0.15) is 49.6 Å². The highest BCUT2D eigenvalue weighted by Crippen LogP contribution is 2.35. The predicted molar refractivity (Wildman–Crippen MR) is 74.8 cm³/mol. The summed E-state index contributed by atoms with van der Waals surface area (Å²) in [6, 6.07) is 0. The lowest BCUT2D eigenvalue weighted by Crippen LogP contribution is -2.17. The van der Waals surface area contributed by atoms with Gasteiger partial charge < -0.3 is 20.1 Å². The third kappa shape index (κ3) is 2.76. The monoisotopic (exact) mass is 279 g/mol. The first kappa shape index (κ1) is 14.7. The maximum atomic E-state index is 11.7. The van der Waals surface area contributed by atoms with E-state index in [2.05, 4.69) is 11.9 Å². The van der Waals surface area contributed by atoms with Gasteiger partial charge in [-0.25, -0.2) is 4.98 Å². The molecule has 0 aromatic carbocycles. The molecule has 1 saturated heterocycles. The van der Waals surface area contributed by atoms with Gasteiger partial charge in [0.1, 0.15) is 11.9 Å². The molecule has 1 aliphatic rings. The van der Waals surface area contributed by atoms with Crippen LogP contribution in [-0.4, -0.2) is 33.2 Å². The van der Waals surface area contributed by atoms with Crippen molar-refractivity contribution in [1.29, 1.82) is 0 Å². The normalized spacial score (nSPS) is 27.0. The molecule has 2 rings (SSSR count). The second-order valence-electron chi connectivity index (χ2n) is 5.37. The average Bonchev–Trinajstić information content (AvgIpc) is 2.92. The summed E-state index contributed by atoms with van der Waals surface area (Å²) in [5, 5.41) is 9.22. The molecule has 0 saturated carbocycles. The summed E-state index contributed by atoms with van der Waals surface area (Å²) in [5.74, 6) is 0.118. The van der Waals surface area contributed by atoms with Crippen molar-refractivity contribution >= 4 is 11.9 Å². The zero-order valence-electron chi connectivity index (χ0n) is 12.0. The number of imidazole rings is 1. The van der Waals surface area contributed by atoms with E-state index in [-0.39, 0.29) is 30.6 Å². The van der Waals surface area contributed by atoms with Gasteiger partial charge in [-0.1, -0.05) is 6.92 Å². The van der Waals surface area contributed by atoms with Gasteiger partial charge in [0.15, 0.2) is 5.78 Å². The summed E-state index contributed by atoms with van der Waals surface area (Å²) in [6.45, 7) is 5.29. The van der Waals surface area contributed by atoms with Crippen molar-refractivity contribution in [3.05, 3.63) is 23.4 Å². The molecule has 1 aromatic heterocycles. The van der Waals surface area contributed by atoms with Crippen molar-refractivity contribution in [2.75, 3.05) is 6.61 Å². The maximum absolute atomic E-state index is 11.7. The number of ketones is 1. The van der Waals surface area contributed by atoms with E-state index in [0.717, 1.165) is 6.42 Å². The second kappa shape index (κ2) is 5.76. The molecule has 1 fully saturated rings. The predicted octanol–water partition coefficient (Wildman–Crippen LogP) is 1.32. The highest BCUT2D eigenvalue weighted by Gasteiger charge is 2.34. The summed E-state index contributed by atoms with van der Waals surface area (Å²) in [5.41, 5.74) is 7.38. The van der Waals surface area contributed by atoms with Crippen LogP contribution in [-0.2, 0) is 4.74 Å². The Labute approximate surface area is 118 Å². The van der Waals surface area contributed by atoms with Crippen LogP contribution in [0, 0.1) is 5.92 Å². The molecule has 6 nitrogen and oxygen atoms in total. The molecule has 2 heterocycles. The summed E-state index contributed by atoms with van der Waals surface area (Å²) >= 11 is 0. The van der Waals surface area contributed by atoms with Gasteiger partial charge in [0.25, 0.3) is 0 Å². The topological polar surface area (TPSA) is 90.4 Å². The van der Waals surface area contributed by atoms with E-state index < -0.39 is 0 Å². The van der Waals surface area contributed by atoms with Crippen molar-refractivity contribution in [3.8, 4) is 0 Å². The minimum atomic E-state index is -0.238. The lowest BCUT2D eigenvalue weighted by atomic mass is 10.1. The lowest BCUT2D eigenvalue weighted by molar-refractivity contribution is -0.0315. The molecule has 3 atom stereocenters. The van der Waals surface area contributed by atoms with Crippen LogP contribution in [0.2, 0.25) is 0 Å².